The lowest BCUT2D eigenvalue weighted by atomic mass is 10.1. The number of nitrogens with zero attached hydrogens (tertiary/aromatic N) is 1. The number of rotatable bonds is 12. The zero-order valence-electron chi connectivity index (χ0n) is 14.7. The highest BCUT2D eigenvalue weighted by atomic mass is 16.6. The van der Waals surface area contributed by atoms with E-state index in [0.717, 1.165) is 0 Å². The molecule has 0 aliphatic heterocycles. The van der Waals surface area contributed by atoms with Gasteiger partial charge in [-0.3, -0.25) is 0 Å². The number of hydrogen-bond donors (Lipinski definition) is 2. The molecule has 22 heavy (non-hydrogen) atoms. The van der Waals surface area contributed by atoms with Crippen LogP contribution in [0.3, 0.4) is 0 Å². The molecule has 0 rings (SSSR count). The van der Waals surface area contributed by atoms with Crippen LogP contribution in [0.1, 0.15) is 86.5 Å². The van der Waals surface area contributed by atoms with Crippen LogP contribution >= 0.6 is 0 Å². The molecule has 0 atom stereocenters. The van der Waals surface area contributed by atoms with Crippen molar-refractivity contribution in [3.63, 3.8) is 0 Å². The van der Waals surface area contributed by atoms with E-state index in [1.165, 1.54) is 82.0 Å². The maximum absolute atomic E-state index is 8.56. The normalized spacial score (nSPS) is 10.4. The average molecular weight is 321 g/mol. The smallest absolute Gasteiger partial charge is 0.450 e. The third-order valence-corrected chi connectivity index (χ3v) is 3.94. The molecule has 136 valence electrons. The van der Waals surface area contributed by atoms with Gasteiger partial charge in [0.1, 0.15) is 0 Å². The Bertz CT molecular complexity index is 191. The fraction of sp³-hybridized carbons (Fsp3) is 0.944. The molecule has 0 aromatic heterocycles. The zero-order valence-corrected chi connectivity index (χ0v) is 14.7. The van der Waals surface area contributed by atoms with E-state index in [4.69, 9.17) is 15.0 Å². The average Bonchev–Trinajstić information content (AvgIpc) is 2.45. The Morgan fingerprint density at radius 3 is 1.00 bits per heavy atom. The van der Waals surface area contributed by atoms with Gasteiger partial charge in [0.15, 0.2) is 0 Å². The Balaban J connectivity index is -0.000000640. The lowest BCUT2D eigenvalue weighted by Gasteiger charge is -2.39. The molecule has 0 radical (unpaired) electrons. The zero-order chi connectivity index (χ0) is 16.6. The van der Waals surface area contributed by atoms with Crippen LogP contribution in [0.5, 0.6) is 0 Å². The monoisotopic (exact) mass is 320 g/mol. The van der Waals surface area contributed by atoms with Crippen molar-refractivity contribution in [3.8, 4) is 0 Å². The first-order chi connectivity index (χ1) is 9.97. The summed E-state index contributed by atoms with van der Waals surface area (Å²) in [6, 6.07) is 0. The lowest BCUT2D eigenvalue weighted by Crippen LogP contribution is -2.50. The van der Waals surface area contributed by atoms with Gasteiger partial charge in [0.2, 0.25) is 0 Å². The molecule has 0 aliphatic rings. The van der Waals surface area contributed by atoms with Crippen molar-refractivity contribution >= 4 is 6.16 Å². The number of carbonyl (C=O) groups is 1. The summed E-state index contributed by atoms with van der Waals surface area (Å²) in [5.41, 5.74) is 0. The summed E-state index contributed by atoms with van der Waals surface area (Å²) >= 11 is 0. The second-order valence-corrected chi connectivity index (χ2v) is 5.93. The Labute approximate surface area is 139 Å². The summed E-state index contributed by atoms with van der Waals surface area (Å²) in [6.07, 6.45) is 9.23. The van der Waals surface area contributed by atoms with Gasteiger partial charge in [-0.05, 0) is 25.7 Å². The molecule has 0 amide bonds. The highest BCUT2D eigenvalue weighted by molar-refractivity contribution is 5.53. The van der Waals surface area contributed by atoms with Gasteiger partial charge in [0.25, 0.3) is 0 Å². The van der Waals surface area contributed by atoms with Gasteiger partial charge in [0, 0.05) is 0 Å². The molecule has 0 bridgehead atoms. The van der Waals surface area contributed by atoms with Crippen LogP contribution in [-0.2, 0) is 0 Å². The van der Waals surface area contributed by atoms with Gasteiger partial charge in [-0.2, -0.15) is 0 Å². The summed E-state index contributed by atoms with van der Waals surface area (Å²) in [4.78, 5) is 8.56. The molecule has 4 heteroatoms. The SMILES string of the molecule is C.CCCC[N+](CCCC)(CCCC)CCCC.O=C(O)O. The maximum Gasteiger partial charge on any atom is 0.503 e. The number of unbranched alkanes of at least 4 members (excludes halogenated alkanes) is 4. The third kappa shape index (κ3) is 17.3. The molecule has 0 unspecified atom stereocenters. The Morgan fingerprint density at radius 1 is 0.682 bits per heavy atom. The fourth-order valence-corrected chi connectivity index (χ4v) is 2.64. The summed E-state index contributed by atoms with van der Waals surface area (Å²) in [5, 5.41) is 13.9. The van der Waals surface area contributed by atoms with E-state index < -0.39 is 6.16 Å². The minimum atomic E-state index is -1.83. The first kappa shape index (κ1) is 26.1. The Morgan fingerprint density at radius 2 is 0.864 bits per heavy atom. The maximum atomic E-state index is 8.56. The molecular weight excluding hydrogens is 278 g/mol. The third-order valence-electron chi connectivity index (χ3n) is 3.94. The van der Waals surface area contributed by atoms with Gasteiger partial charge in [-0.25, -0.2) is 4.79 Å². The van der Waals surface area contributed by atoms with Gasteiger partial charge < -0.3 is 14.7 Å². The van der Waals surface area contributed by atoms with Gasteiger partial charge in [-0.15, -0.1) is 0 Å². The van der Waals surface area contributed by atoms with E-state index in [0.29, 0.717) is 0 Å². The summed E-state index contributed by atoms with van der Waals surface area (Å²) < 4.78 is 1.42. The highest BCUT2D eigenvalue weighted by Gasteiger charge is 2.24. The Hall–Kier alpha value is -0.770. The van der Waals surface area contributed by atoms with Crippen LogP contribution < -0.4 is 0 Å². The van der Waals surface area contributed by atoms with E-state index in [1.54, 1.807) is 0 Å². The lowest BCUT2D eigenvalue weighted by molar-refractivity contribution is -0.929. The largest absolute Gasteiger partial charge is 0.503 e. The topological polar surface area (TPSA) is 57.5 Å². The quantitative estimate of drug-likeness (QED) is 0.443. The molecule has 2 N–H and O–H groups in total. The number of carboxylic acid groups (broad SMARTS) is 2. The van der Waals surface area contributed by atoms with Crippen molar-refractivity contribution in [1.29, 1.82) is 0 Å². The summed E-state index contributed by atoms with van der Waals surface area (Å²) in [5.74, 6) is 0. The standard InChI is InChI=1S/C16H36N.CH2O3.CH4/c1-5-9-13-17(14-10-6-2,15-11-7-3)16-12-8-4;2-1(3)4;/h5-16H2,1-4H3;(H2,2,3,4);1H4/q+1;;. The van der Waals surface area contributed by atoms with Gasteiger partial charge >= 0.3 is 6.16 Å². The van der Waals surface area contributed by atoms with Crippen LogP contribution in [-0.4, -0.2) is 47.0 Å². The molecule has 0 aliphatic carbocycles. The van der Waals surface area contributed by atoms with Crippen LogP contribution in [0.4, 0.5) is 4.79 Å². The van der Waals surface area contributed by atoms with E-state index in [2.05, 4.69) is 27.7 Å². The van der Waals surface area contributed by atoms with Crippen molar-refractivity contribution in [3.05, 3.63) is 0 Å². The second kappa shape index (κ2) is 18.3. The Kier molecular flexibility index (Phi) is 21.7. The van der Waals surface area contributed by atoms with Crippen molar-refractivity contribution in [1.82, 2.24) is 0 Å². The predicted octanol–water partition coefficient (Wildman–Crippen LogP) is 5.86. The second-order valence-electron chi connectivity index (χ2n) is 5.93. The van der Waals surface area contributed by atoms with Gasteiger partial charge in [0.05, 0.1) is 26.2 Å². The van der Waals surface area contributed by atoms with E-state index in [-0.39, 0.29) is 7.43 Å². The van der Waals surface area contributed by atoms with Crippen LogP contribution in [0.15, 0.2) is 0 Å². The molecule has 4 nitrogen and oxygen atoms in total. The van der Waals surface area contributed by atoms with Crippen molar-refractivity contribution in [2.75, 3.05) is 26.2 Å². The summed E-state index contributed by atoms with van der Waals surface area (Å²) in [6.45, 7) is 15.0. The number of hydrogen-bond acceptors (Lipinski definition) is 1. The molecular formula is C18H42NO3+. The molecule has 0 saturated carbocycles. The first-order valence-electron chi connectivity index (χ1n) is 8.74. The first-order valence-corrected chi connectivity index (χ1v) is 8.74. The molecule has 0 fully saturated rings. The molecule has 0 aromatic rings. The summed E-state index contributed by atoms with van der Waals surface area (Å²) in [7, 11) is 0. The van der Waals surface area contributed by atoms with E-state index in [9.17, 15) is 0 Å². The minimum Gasteiger partial charge on any atom is -0.450 e. The van der Waals surface area contributed by atoms with E-state index in [1.807, 2.05) is 0 Å². The molecule has 0 saturated heterocycles. The van der Waals surface area contributed by atoms with Crippen LogP contribution in [0.2, 0.25) is 0 Å². The van der Waals surface area contributed by atoms with Crippen molar-refractivity contribution in [2.45, 2.75) is 86.5 Å². The predicted molar refractivity (Wildman–Crippen MR) is 96.7 cm³/mol. The minimum absolute atomic E-state index is 0. The van der Waals surface area contributed by atoms with Crippen molar-refractivity contribution in [2.24, 2.45) is 0 Å². The fourth-order valence-electron chi connectivity index (χ4n) is 2.64. The number of quaternary nitrogens is 1. The van der Waals surface area contributed by atoms with Gasteiger partial charge in [-0.1, -0.05) is 60.8 Å². The van der Waals surface area contributed by atoms with Crippen LogP contribution in [0.25, 0.3) is 0 Å². The van der Waals surface area contributed by atoms with Crippen LogP contribution in [0, 0.1) is 0 Å². The molecule has 0 aromatic carbocycles. The molecule has 0 heterocycles. The molecule has 0 spiro atoms. The van der Waals surface area contributed by atoms with Crippen molar-refractivity contribution < 1.29 is 19.5 Å². The van der Waals surface area contributed by atoms with E-state index >= 15 is 0 Å². The highest BCUT2D eigenvalue weighted by Crippen LogP contribution is 2.16.